The summed E-state index contributed by atoms with van der Waals surface area (Å²) in [6.45, 7) is 3.25. The lowest BCUT2D eigenvalue weighted by Crippen LogP contribution is -2.20. The van der Waals surface area contributed by atoms with Crippen LogP contribution in [0.4, 0.5) is 13.2 Å². The number of Topliss-reactive ketones (excluding diaryl/α,β-unsaturated/α-hetero) is 1. The van der Waals surface area contributed by atoms with E-state index >= 15 is 0 Å². The van der Waals surface area contributed by atoms with Crippen LogP contribution in [0.25, 0.3) is 0 Å². The minimum atomic E-state index is -4.50. The number of halogens is 4. The van der Waals surface area contributed by atoms with Gasteiger partial charge in [0.15, 0.2) is 5.78 Å². The first kappa shape index (κ1) is 14.2. The minimum Gasteiger partial charge on any atom is -0.293 e. The Labute approximate surface area is 106 Å². The van der Waals surface area contributed by atoms with Crippen LogP contribution in [0, 0.1) is 0 Å². The zero-order valence-electron chi connectivity index (χ0n) is 9.44. The van der Waals surface area contributed by atoms with Crippen LogP contribution in [0.2, 0.25) is 0 Å². The van der Waals surface area contributed by atoms with Crippen molar-refractivity contribution in [1.29, 1.82) is 0 Å². The Kier molecular flexibility index (Phi) is 4.36. The maximum absolute atomic E-state index is 12.8. The molecule has 0 spiro atoms. The molecule has 0 fully saturated rings. The zero-order valence-corrected chi connectivity index (χ0v) is 11.0. The summed E-state index contributed by atoms with van der Waals surface area (Å²) in [5.41, 5.74) is -0.642. The van der Waals surface area contributed by atoms with Gasteiger partial charge in [-0.1, -0.05) is 35.0 Å². The van der Waals surface area contributed by atoms with Gasteiger partial charge in [0, 0.05) is 5.56 Å². The SMILES string of the molecule is CCc1cccc(C(F)(F)F)c1C(=O)C(C)Br. The highest BCUT2D eigenvalue weighted by molar-refractivity contribution is 9.10. The Balaban J connectivity index is 3.47. The molecule has 94 valence electrons. The monoisotopic (exact) mass is 308 g/mol. The highest BCUT2D eigenvalue weighted by Gasteiger charge is 2.36. The molecule has 0 aliphatic rings. The van der Waals surface area contributed by atoms with Gasteiger partial charge in [0.1, 0.15) is 0 Å². The van der Waals surface area contributed by atoms with Gasteiger partial charge in [-0.25, -0.2) is 0 Å². The van der Waals surface area contributed by atoms with Gasteiger partial charge in [0.05, 0.1) is 10.4 Å². The Hall–Kier alpha value is -0.840. The van der Waals surface area contributed by atoms with Crippen molar-refractivity contribution in [3.05, 3.63) is 34.9 Å². The number of ketones is 1. The molecule has 0 saturated carbocycles. The molecule has 0 aromatic heterocycles. The summed E-state index contributed by atoms with van der Waals surface area (Å²) in [7, 11) is 0. The number of aryl methyl sites for hydroxylation is 1. The van der Waals surface area contributed by atoms with E-state index in [0.717, 1.165) is 6.07 Å². The number of hydrogen-bond donors (Lipinski definition) is 0. The second kappa shape index (κ2) is 5.21. The summed E-state index contributed by atoms with van der Waals surface area (Å²) in [6.07, 6.45) is -4.11. The van der Waals surface area contributed by atoms with E-state index in [9.17, 15) is 18.0 Å². The Morgan fingerprint density at radius 2 is 2.00 bits per heavy atom. The number of alkyl halides is 4. The molecule has 0 N–H and O–H groups in total. The summed E-state index contributed by atoms with van der Waals surface area (Å²) < 4.78 is 38.5. The lowest BCUT2D eigenvalue weighted by Gasteiger charge is -2.16. The first-order chi connectivity index (χ1) is 7.79. The number of rotatable bonds is 3. The molecule has 0 radical (unpaired) electrons. The van der Waals surface area contributed by atoms with Gasteiger partial charge < -0.3 is 0 Å². The average Bonchev–Trinajstić information content (AvgIpc) is 2.25. The van der Waals surface area contributed by atoms with Crippen LogP contribution in [0.15, 0.2) is 18.2 Å². The fraction of sp³-hybridized carbons (Fsp3) is 0.417. The topological polar surface area (TPSA) is 17.1 Å². The maximum Gasteiger partial charge on any atom is 0.417 e. The van der Waals surface area contributed by atoms with Crippen molar-refractivity contribution in [2.75, 3.05) is 0 Å². The quantitative estimate of drug-likeness (QED) is 0.603. The first-order valence-electron chi connectivity index (χ1n) is 5.16. The van der Waals surface area contributed by atoms with E-state index in [1.54, 1.807) is 13.0 Å². The molecule has 0 saturated heterocycles. The number of hydrogen-bond acceptors (Lipinski definition) is 1. The number of carbonyl (C=O) groups excluding carboxylic acids is 1. The van der Waals surface area contributed by atoms with Crippen molar-refractivity contribution in [3.63, 3.8) is 0 Å². The van der Waals surface area contributed by atoms with E-state index in [4.69, 9.17) is 0 Å². The van der Waals surface area contributed by atoms with E-state index in [1.807, 2.05) is 0 Å². The lowest BCUT2D eigenvalue weighted by atomic mass is 9.94. The minimum absolute atomic E-state index is 0.216. The molecule has 0 aliphatic carbocycles. The number of benzene rings is 1. The van der Waals surface area contributed by atoms with E-state index in [2.05, 4.69) is 15.9 Å². The predicted octanol–water partition coefficient (Wildman–Crippen LogP) is 4.23. The van der Waals surface area contributed by atoms with Crippen molar-refractivity contribution in [2.45, 2.75) is 31.3 Å². The molecule has 1 nitrogen and oxygen atoms in total. The molecule has 0 aliphatic heterocycles. The first-order valence-corrected chi connectivity index (χ1v) is 6.08. The molecule has 1 aromatic rings. The third-order valence-corrected chi connectivity index (χ3v) is 2.86. The highest BCUT2D eigenvalue weighted by atomic mass is 79.9. The van der Waals surface area contributed by atoms with Crippen LogP contribution in [0.5, 0.6) is 0 Å². The molecule has 1 unspecified atom stereocenters. The van der Waals surface area contributed by atoms with Gasteiger partial charge >= 0.3 is 6.18 Å². The van der Waals surface area contributed by atoms with Gasteiger partial charge in [0.2, 0.25) is 0 Å². The van der Waals surface area contributed by atoms with Crippen LogP contribution in [0.1, 0.15) is 35.3 Å². The van der Waals surface area contributed by atoms with Crippen molar-refractivity contribution >= 4 is 21.7 Å². The molecule has 1 aromatic carbocycles. The molecule has 17 heavy (non-hydrogen) atoms. The Morgan fingerprint density at radius 3 is 2.41 bits per heavy atom. The lowest BCUT2D eigenvalue weighted by molar-refractivity contribution is -0.138. The zero-order chi connectivity index (χ0) is 13.2. The Morgan fingerprint density at radius 1 is 1.41 bits per heavy atom. The van der Waals surface area contributed by atoms with Gasteiger partial charge in [-0.2, -0.15) is 13.2 Å². The molecule has 0 amide bonds. The smallest absolute Gasteiger partial charge is 0.293 e. The molecule has 5 heteroatoms. The van der Waals surface area contributed by atoms with Gasteiger partial charge in [-0.05, 0) is 25.0 Å². The molecule has 0 heterocycles. The van der Waals surface area contributed by atoms with Gasteiger partial charge in [-0.15, -0.1) is 0 Å². The number of carbonyl (C=O) groups is 1. The molecule has 1 atom stereocenters. The largest absolute Gasteiger partial charge is 0.417 e. The van der Waals surface area contributed by atoms with Crippen LogP contribution in [-0.2, 0) is 12.6 Å². The van der Waals surface area contributed by atoms with Crippen molar-refractivity contribution in [3.8, 4) is 0 Å². The van der Waals surface area contributed by atoms with Gasteiger partial charge in [0.25, 0.3) is 0 Å². The van der Waals surface area contributed by atoms with Crippen LogP contribution < -0.4 is 0 Å². The summed E-state index contributed by atoms with van der Waals surface area (Å²) in [5, 5.41) is 0. The van der Waals surface area contributed by atoms with Crippen molar-refractivity contribution in [2.24, 2.45) is 0 Å². The van der Waals surface area contributed by atoms with Gasteiger partial charge in [-0.3, -0.25) is 4.79 Å². The molecule has 1 rings (SSSR count). The van der Waals surface area contributed by atoms with E-state index in [1.165, 1.54) is 13.0 Å². The third kappa shape index (κ3) is 3.09. The molecular formula is C12H12BrF3O. The fourth-order valence-electron chi connectivity index (χ4n) is 1.62. The summed E-state index contributed by atoms with van der Waals surface area (Å²) in [6, 6.07) is 3.83. The highest BCUT2D eigenvalue weighted by Crippen LogP contribution is 2.34. The van der Waals surface area contributed by atoms with Crippen LogP contribution in [0.3, 0.4) is 0 Å². The van der Waals surface area contributed by atoms with E-state index in [-0.39, 0.29) is 5.56 Å². The van der Waals surface area contributed by atoms with Crippen LogP contribution >= 0.6 is 15.9 Å². The van der Waals surface area contributed by atoms with E-state index < -0.39 is 22.4 Å². The Bertz CT molecular complexity index is 424. The summed E-state index contributed by atoms with van der Waals surface area (Å²) in [4.78, 5) is 11.2. The predicted molar refractivity (Wildman–Crippen MR) is 63.5 cm³/mol. The summed E-state index contributed by atoms with van der Waals surface area (Å²) in [5.74, 6) is -0.533. The molecule has 0 bridgehead atoms. The maximum atomic E-state index is 12.8. The second-order valence-electron chi connectivity index (χ2n) is 3.67. The average molecular weight is 309 g/mol. The third-order valence-electron chi connectivity index (χ3n) is 2.44. The summed E-state index contributed by atoms with van der Waals surface area (Å²) >= 11 is 3.02. The van der Waals surface area contributed by atoms with E-state index in [0.29, 0.717) is 12.0 Å². The standard InChI is InChI=1S/C12H12BrF3O/c1-3-8-5-4-6-9(12(14,15)16)10(8)11(17)7(2)13/h4-7H,3H2,1-2H3. The van der Waals surface area contributed by atoms with Crippen molar-refractivity contribution < 1.29 is 18.0 Å². The normalized spacial score (nSPS) is 13.5. The van der Waals surface area contributed by atoms with Crippen molar-refractivity contribution in [1.82, 2.24) is 0 Å². The van der Waals surface area contributed by atoms with Crippen LogP contribution in [-0.4, -0.2) is 10.6 Å². The molecular weight excluding hydrogens is 297 g/mol. The fourth-order valence-corrected chi connectivity index (χ4v) is 1.85. The second-order valence-corrected chi connectivity index (χ2v) is 5.04.